The van der Waals surface area contributed by atoms with Gasteiger partial charge in [0.1, 0.15) is 0 Å². The predicted octanol–water partition coefficient (Wildman–Crippen LogP) is 3.20. The predicted molar refractivity (Wildman–Crippen MR) is 82.8 cm³/mol. The lowest BCUT2D eigenvalue weighted by atomic mass is 9.99. The molecule has 0 aliphatic carbocycles. The van der Waals surface area contributed by atoms with Crippen LogP contribution in [0.25, 0.3) is 10.9 Å². The van der Waals surface area contributed by atoms with E-state index in [4.69, 9.17) is 17.3 Å². The van der Waals surface area contributed by atoms with Crippen molar-refractivity contribution in [3.63, 3.8) is 0 Å². The van der Waals surface area contributed by atoms with Crippen LogP contribution in [-0.4, -0.2) is 16.9 Å². The summed E-state index contributed by atoms with van der Waals surface area (Å²) in [5.74, 6) is -0.0739. The van der Waals surface area contributed by atoms with Gasteiger partial charge in [-0.3, -0.25) is 9.78 Å². The molecule has 0 saturated carbocycles. The van der Waals surface area contributed by atoms with Crippen LogP contribution in [0.3, 0.4) is 0 Å². The van der Waals surface area contributed by atoms with Crippen LogP contribution >= 0.6 is 11.6 Å². The fourth-order valence-corrected chi connectivity index (χ4v) is 2.18. The number of nitrogens with two attached hydrogens (primary N) is 1. The summed E-state index contributed by atoms with van der Waals surface area (Å²) in [5, 5.41) is 4.26. The lowest BCUT2D eigenvalue weighted by molar-refractivity contribution is -0.118. The Balaban J connectivity index is 2.31. The van der Waals surface area contributed by atoms with Crippen LogP contribution < -0.4 is 11.1 Å². The lowest BCUT2D eigenvalue weighted by Crippen LogP contribution is -2.40. The minimum atomic E-state index is -0.533. The number of rotatable bonds is 4. The highest BCUT2D eigenvalue weighted by Crippen LogP contribution is 2.28. The molecule has 106 valence electrons. The molecule has 0 bridgehead atoms. The first-order chi connectivity index (χ1) is 9.54. The van der Waals surface area contributed by atoms with E-state index in [1.165, 1.54) is 0 Å². The molecule has 1 aromatic heterocycles. The van der Waals surface area contributed by atoms with Crippen molar-refractivity contribution in [3.8, 4) is 0 Å². The standard InChI is InChI=1S/C15H18ClN3O/c1-3-9(2)13(17)15(20)19-12-7-6-11(16)10-5-4-8-18-14(10)12/h4-9,13H,3,17H2,1-2H3,(H,19,20)/t9-,13-/m0/s1. The summed E-state index contributed by atoms with van der Waals surface area (Å²) < 4.78 is 0. The molecule has 2 rings (SSSR count). The largest absolute Gasteiger partial charge is 0.323 e. The normalized spacial score (nSPS) is 14.0. The van der Waals surface area contributed by atoms with Crippen molar-refractivity contribution in [2.24, 2.45) is 11.7 Å². The smallest absolute Gasteiger partial charge is 0.241 e. The number of nitrogens with zero attached hydrogens (tertiary/aromatic N) is 1. The highest BCUT2D eigenvalue weighted by atomic mass is 35.5. The molecule has 0 fully saturated rings. The van der Waals surface area contributed by atoms with Crippen molar-refractivity contribution in [3.05, 3.63) is 35.5 Å². The van der Waals surface area contributed by atoms with E-state index in [1.54, 1.807) is 18.3 Å². The molecule has 0 saturated heterocycles. The van der Waals surface area contributed by atoms with Crippen molar-refractivity contribution in [1.29, 1.82) is 0 Å². The van der Waals surface area contributed by atoms with Crippen molar-refractivity contribution < 1.29 is 4.79 Å². The average Bonchev–Trinajstić information content (AvgIpc) is 2.48. The quantitative estimate of drug-likeness (QED) is 0.909. The Labute approximate surface area is 123 Å². The Morgan fingerprint density at radius 3 is 2.90 bits per heavy atom. The molecule has 0 spiro atoms. The fraction of sp³-hybridized carbons (Fsp3) is 0.333. The topological polar surface area (TPSA) is 68.0 Å². The van der Waals surface area contributed by atoms with Crippen LogP contribution in [-0.2, 0) is 4.79 Å². The van der Waals surface area contributed by atoms with Gasteiger partial charge < -0.3 is 11.1 Å². The minimum absolute atomic E-state index is 0.126. The third kappa shape index (κ3) is 2.92. The average molecular weight is 292 g/mol. The zero-order chi connectivity index (χ0) is 14.7. The van der Waals surface area contributed by atoms with Crippen molar-refractivity contribution in [1.82, 2.24) is 4.98 Å². The molecule has 1 amide bonds. The van der Waals surface area contributed by atoms with Crippen LogP contribution in [0, 0.1) is 5.92 Å². The van der Waals surface area contributed by atoms with Crippen molar-refractivity contribution >= 4 is 34.1 Å². The van der Waals surface area contributed by atoms with Gasteiger partial charge in [0.2, 0.25) is 5.91 Å². The Kier molecular flexibility index (Phi) is 4.57. The number of carbonyl (C=O) groups is 1. The zero-order valence-electron chi connectivity index (χ0n) is 11.6. The van der Waals surface area contributed by atoms with Gasteiger partial charge in [0.15, 0.2) is 0 Å². The fourth-order valence-electron chi connectivity index (χ4n) is 1.97. The molecule has 4 nitrogen and oxygen atoms in total. The van der Waals surface area contributed by atoms with E-state index >= 15 is 0 Å². The van der Waals surface area contributed by atoms with Gasteiger partial charge in [-0.2, -0.15) is 0 Å². The van der Waals surface area contributed by atoms with E-state index < -0.39 is 6.04 Å². The molecule has 20 heavy (non-hydrogen) atoms. The summed E-state index contributed by atoms with van der Waals surface area (Å²) in [6, 6.07) is 6.64. The number of halogens is 1. The molecule has 0 unspecified atom stereocenters. The van der Waals surface area contributed by atoms with E-state index in [0.717, 1.165) is 11.8 Å². The Morgan fingerprint density at radius 1 is 1.45 bits per heavy atom. The molecule has 2 atom stereocenters. The molecule has 0 aliphatic heterocycles. The van der Waals surface area contributed by atoms with Gasteiger partial charge in [-0.1, -0.05) is 31.9 Å². The van der Waals surface area contributed by atoms with Crippen LogP contribution in [0.4, 0.5) is 5.69 Å². The molecular formula is C15H18ClN3O. The molecule has 1 heterocycles. The molecule has 2 aromatic rings. The lowest BCUT2D eigenvalue weighted by Gasteiger charge is -2.18. The Morgan fingerprint density at radius 2 is 2.20 bits per heavy atom. The van der Waals surface area contributed by atoms with Crippen molar-refractivity contribution in [2.75, 3.05) is 5.32 Å². The first-order valence-electron chi connectivity index (χ1n) is 6.64. The van der Waals surface area contributed by atoms with Gasteiger partial charge in [0.05, 0.1) is 22.3 Å². The summed E-state index contributed by atoms with van der Waals surface area (Å²) >= 11 is 6.12. The van der Waals surface area contributed by atoms with E-state index in [-0.39, 0.29) is 11.8 Å². The van der Waals surface area contributed by atoms with Crippen LogP contribution in [0.5, 0.6) is 0 Å². The number of anilines is 1. The highest BCUT2D eigenvalue weighted by molar-refractivity contribution is 6.35. The number of aromatic nitrogens is 1. The summed E-state index contributed by atoms with van der Waals surface area (Å²) in [7, 11) is 0. The number of benzene rings is 1. The van der Waals surface area contributed by atoms with Gasteiger partial charge in [0, 0.05) is 11.6 Å². The molecule has 1 aromatic carbocycles. The SMILES string of the molecule is CC[C@H](C)[C@H](N)C(=O)Nc1ccc(Cl)c2cccnc12. The van der Waals surface area contributed by atoms with E-state index in [1.807, 2.05) is 26.0 Å². The molecule has 0 aliphatic rings. The Hall–Kier alpha value is -1.65. The first-order valence-corrected chi connectivity index (χ1v) is 7.02. The molecular weight excluding hydrogens is 274 g/mol. The van der Waals surface area contributed by atoms with Crippen LogP contribution in [0.1, 0.15) is 20.3 Å². The maximum atomic E-state index is 12.1. The number of pyridine rings is 1. The zero-order valence-corrected chi connectivity index (χ0v) is 12.3. The van der Waals surface area contributed by atoms with Crippen LogP contribution in [0.2, 0.25) is 5.02 Å². The minimum Gasteiger partial charge on any atom is -0.323 e. The maximum absolute atomic E-state index is 12.1. The summed E-state index contributed by atoms with van der Waals surface area (Å²) in [4.78, 5) is 16.4. The van der Waals surface area contributed by atoms with Gasteiger partial charge in [-0.15, -0.1) is 0 Å². The van der Waals surface area contributed by atoms with Gasteiger partial charge in [-0.05, 0) is 30.2 Å². The summed E-state index contributed by atoms with van der Waals surface area (Å²) in [6.45, 7) is 3.97. The summed E-state index contributed by atoms with van der Waals surface area (Å²) in [5.41, 5.74) is 7.24. The van der Waals surface area contributed by atoms with E-state index in [2.05, 4.69) is 10.3 Å². The highest BCUT2D eigenvalue weighted by Gasteiger charge is 2.20. The molecule has 5 heteroatoms. The maximum Gasteiger partial charge on any atom is 0.241 e. The molecule has 3 N–H and O–H groups in total. The van der Waals surface area contributed by atoms with Crippen LogP contribution in [0.15, 0.2) is 30.5 Å². The first kappa shape index (κ1) is 14.8. The number of hydrogen-bond acceptors (Lipinski definition) is 3. The number of amides is 1. The number of carbonyl (C=O) groups excluding carboxylic acids is 1. The van der Waals surface area contributed by atoms with E-state index in [9.17, 15) is 4.79 Å². The van der Waals surface area contributed by atoms with E-state index in [0.29, 0.717) is 16.2 Å². The number of nitrogens with one attached hydrogen (secondary N) is 1. The second-order valence-corrected chi connectivity index (χ2v) is 5.30. The number of fused-ring (bicyclic) bond motifs is 1. The van der Waals surface area contributed by atoms with Gasteiger partial charge in [-0.25, -0.2) is 0 Å². The third-order valence-corrected chi connectivity index (χ3v) is 3.86. The van der Waals surface area contributed by atoms with Gasteiger partial charge >= 0.3 is 0 Å². The number of hydrogen-bond donors (Lipinski definition) is 2. The van der Waals surface area contributed by atoms with Gasteiger partial charge in [0.25, 0.3) is 0 Å². The monoisotopic (exact) mass is 291 g/mol. The van der Waals surface area contributed by atoms with Crippen molar-refractivity contribution in [2.45, 2.75) is 26.3 Å². The second-order valence-electron chi connectivity index (χ2n) is 4.90. The summed E-state index contributed by atoms with van der Waals surface area (Å²) in [6.07, 6.45) is 2.52. The third-order valence-electron chi connectivity index (χ3n) is 3.53. The second kappa shape index (κ2) is 6.20. The molecule has 0 radical (unpaired) electrons. The Bertz CT molecular complexity index is 630.